The van der Waals surface area contributed by atoms with Crippen molar-refractivity contribution in [2.75, 3.05) is 19.8 Å². The van der Waals surface area contributed by atoms with Crippen LogP contribution in [0.1, 0.15) is 16.8 Å². The molecule has 0 bridgehead atoms. The molecule has 1 aromatic rings. The highest BCUT2D eigenvalue weighted by molar-refractivity contribution is 7.99. The van der Waals surface area contributed by atoms with Gasteiger partial charge in [-0.2, -0.15) is 0 Å². The highest BCUT2D eigenvalue weighted by Gasteiger charge is 2.10. The molecule has 4 nitrogen and oxygen atoms in total. The molecular weight excluding hydrogens is 257 g/mol. The molecule has 1 aromatic carbocycles. The lowest BCUT2D eigenvalue weighted by Crippen LogP contribution is -2.21. The fourth-order valence-electron chi connectivity index (χ4n) is 1.22. The van der Waals surface area contributed by atoms with Crippen LogP contribution in [0.2, 0.25) is 0 Å². The van der Waals surface area contributed by atoms with Gasteiger partial charge in [-0.15, -0.1) is 11.8 Å². The van der Waals surface area contributed by atoms with Gasteiger partial charge in [0.15, 0.2) is 0 Å². The zero-order valence-electron chi connectivity index (χ0n) is 10.1. The van der Waals surface area contributed by atoms with Crippen molar-refractivity contribution < 1.29 is 19.1 Å². The van der Waals surface area contributed by atoms with Crippen molar-refractivity contribution in [2.45, 2.75) is 11.3 Å². The lowest BCUT2D eigenvalue weighted by atomic mass is 10.2. The third-order valence-corrected chi connectivity index (χ3v) is 3.28. The normalized spacial score (nSPS) is 10.2. The van der Waals surface area contributed by atoms with E-state index in [1.54, 1.807) is 14.1 Å². The second-order valence-electron chi connectivity index (χ2n) is 3.84. The first kappa shape index (κ1) is 14.5. The third-order valence-electron chi connectivity index (χ3n) is 2.25. The van der Waals surface area contributed by atoms with Crippen LogP contribution in [0.4, 0.5) is 4.39 Å². The first-order valence-electron chi connectivity index (χ1n) is 5.27. The summed E-state index contributed by atoms with van der Waals surface area (Å²) in [5.74, 6) is -1.20. The molecular formula is C12H14FNO3S. The molecule has 18 heavy (non-hydrogen) atoms. The van der Waals surface area contributed by atoms with Crippen LogP contribution in [0.5, 0.6) is 0 Å². The predicted octanol–water partition coefficient (Wildman–Crippen LogP) is 2.09. The minimum atomic E-state index is -1.10. The minimum Gasteiger partial charge on any atom is -0.478 e. The van der Waals surface area contributed by atoms with Crippen LogP contribution in [-0.4, -0.2) is 41.7 Å². The van der Waals surface area contributed by atoms with Gasteiger partial charge in [-0.25, -0.2) is 9.18 Å². The number of carbonyl (C=O) groups excluding carboxylic acids is 1. The molecule has 6 heteroatoms. The van der Waals surface area contributed by atoms with Gasteiger partial charge in [0.2, 0.25) is 5.91 Å². The lowest BCUT2D eigenvalue weighted by Gasteiger charge is -2.09. The van der Waals surface area contributed by atoms with Gasteiger partial charge in [-0.05, 0) is 18.2 Å². The Hall–Kier alpha value is -1.56. The molecule has 0 heterocycles. The fraction of sp³-hybridized carbons (Fsp3) is 0.333. The number of benzene rings is 1. The Morgan fingerprint density at radius 1 is 1.39 bits per heavy atom. The highest BCUT2D eigenvalue weighted by Crippen LogP contribution is 2.23. The van der Waals surface area contributed by atoms with Crippen LogP contribution in [-0.2, 0) is 4.79 Å². The maximum absolute atomic E-state index is 13.4. The third kappa shape index (κ3) is 4.03. The van der Waals surface area contributed by atoms with E-state index in [0.29, 0.717) is 5.75 Å². The molecule has 0 aliphatic heterocycles. The Bertz CT molecular complexity index is 463. The van der Waals surface area contributed by atoms with E-state index in [0.717, 1.165) is 17.8 Å². The second-order valence-corrected chi connectivity index (χ2v) is 4.97. The van der Waals surface area contributed by atoms with E-state index in [1.165, 1.54) is 17.0 Å². The van der Waals surface area contributed by atoms with Crippen molar-refractivity contribution in [3.63, 3.8) is 0 Å². The molecule has 0 saturated carbocycles. The number of hydrogen-bond donors (Lipinski definition) is 1. The summed E-state index contributed by atoms with van der Waals surface area (Å²) >= 11 is 1.14. The Labute approximate surface area is 109 Å². The summed E-state index contributed by atoms with van der Waals surface area (Å²) in [6.45, 7) is 0. The van der Waals surface area contributed by atoms with Crippen molar-refractivity contribution in [1.29, 1.82) is 0 Å². The number of aromatic carboxylic acids is 1. The average Bonchev–Trinajstić information content (AvgIpc) is 2.30. The first-order chi connectivity index (χ1) is 8.41. The Morgan fingerprint density at radius 3 is 2.61 bits per heavy atom. The molecule has 1 N–H and O–H groups in total. The summed E-state index contributed by atoms with van der Waals surface area (Å²) < 4.78 is 13.4. The van der Waals surface area contributed by atoms with Crippen LogP contribution in [0.3, 0.4) is 0 Å². The maximum atomic E-state index is 13.4. The molecule has 1 rings (SSSR count). The van der Waals surface area contributed by atoms with Crippen molar-refractivity contribution >= 4 is 23.6 Å². The SMILES string of the molecule is CN(C)C(=O)CCSc1cc(C(=O)O)ccc1F. The molecule has 98 valence electrons. The summed E-state index contributed by atoms with van der Waals surface area (Å²) in [7, 11) is 3.30. The highest BCUT2D eigenvalue weighted by atomic mass is 32.2. The summed E-state index contributed by atoms with van der Waals surface area (Å²) in [5.41, 5.74) is 0.0397. The summed E-state index contributed by atoms with van der Waals surface area (Å²) in [6.07, 6.45) is 0.286. The molecule has 0 aliphatic rings. The van der Waals surface area contributed by atoms with Gasteiger partial charge < -0.3 is 10.0 Å². The van der Waals surface area contributed by atoms with Crippen LogP contribution in [0.25, 0.3) is 0 Å². The first-order valence-corrected chi connectivity index (χ1v) is 6.26. The monoisotopic (exact) mass is 271 g/mol. The van der Waals surface area contributed by atoms with E-state index in [1.807, 2.05) is 0 Å². The number of thioether (sulfide) groups is 1. The zero-order valence-corrected chi connectivity index (χ0v) is 11.0. The Kier molecular flexibility index (Phi) is 5.15. The van der Waals surface area contributed by atoms with Gasteiger partial charge in [0.1, 0.15) is 5.82 Å². The molecule has 0 atom stereocenters. The van der Waals surface area contributed by atoms with E-state index in [9.17, 15) is 14.0 Å². The van der Waals surface area contributed by atoms with E-state index >= 15 is 0 Å². The molecule has 0 aromatic heterocycles. The summed E-state index contributed by atoms with van der Waals surface area (Å²) in [5, 5.41) is 8.79. The van der Waals surface area contributed by atoms with Crippen LogP contribution >= 0.6 is 11.8 Å². The average molecular weight is 271 g/mol. The lowest BCUT2D eigenvalue weighted by molar-refractivity contribution is -0.128. The molecule has 0 radical (unpaired) electrons. The van der Waals surface area contributed by atoms with E-state index in [-0.39, 0.29) is 22.8 Å². The molecule has 0 saturated heterocycles. The number of halogens is 1. The number of carboxylic acid groups (broad SMARTS) is 1. The standard InChI is InChI=1S/C12H14FNO3S/c1-14(2)11(15)5-6-18-10-7-8(12(16)17)3-4-9(10)13/h3-4,7H,5-6H2,1-2H3,(H,16,17). The molecule has 0 unspecified atom stereocenters. The summed E-state index contributed by atoms with van der Waals surface area (Å²) in [6, 6.07) is 3.62. The van der Waals surface area contributed by atoms with Crippen molar-refractivity contribution in [1.82, 2.24) is 4.90 Å². The smallest absolute Gasteiger partial charge is 0.335 e. The van der Waals surface area contributed by atoms with Crippen molar-refractivity contribution in [3.05, 3.63) is 29.6 Å². The Morgan fingerprint density at radius 2 is 2.06 bits per heavy atom. The van der Waals surface area contributed by atoms with E-state index in [4.69, 9.17) is 5.11 Å². The van der Waals surface area contributed by atoms with Gasteiger partial charge in [-0.3, -0.25) is 4.79 Å². The van der Waals surface area contributed by atoms with Crippen LogP contribution < -0.4 is 0 Å². The molecule has 0 aliphatic carbocycles. The van der Waals surface area contributed by atoms with Crippen molar-refractivity contribution in [3.8, 4) is 0 Å². The minimum absolute atomic E-state index is 0.0397. The number of rotatable bonds is 5. The van der Waals surface area contributed by atoms with Gasteiger partial charge in [0.25, 0.3) is 0 Å². The number of carbonyl (C=O) groups is 2. The fourth-order valence-corrected chi connectivity index (χ4v) is 2.13. The number of carboxylic acids is 1. The topological polar surface area (TPSA) is 57.6 Å². The molecule has 1 amide bonds. The predicted molar refractivity (Wildman–Crippen MR) is 67.4 cm³/mol. The summed E-state index contributed by atoms with van der Waals surface area (Å²) in [4.78, 5) is 23.8. The van der Waals surface area contributed by atoms with Gasteiger partial charge >= 0.3 is 5.97 Å². The number of amides is 1. The quantitative estimate of drug-likeness (QED) is 0.833. The van der Waals surface area contributed by atoms with Gasteiger partial charge in [0.05, 0.1) is 5.56 Å². The molecule has 0 fully saturated rings. The van der Waals surface area contributed by atoms with E-state index in [2.05, 4.69) is 0 Å². The van der Waals surface area contributed by atoms with Crippen LogP contribution in [0.15, 0.2) is 23.1 Å². The second kappa shape index (κ2) is 6.39. The molecule has 0 spiro atoms. The number of nitrogens with zero attached hydrogens (tertiary/aromatic N) is 1. The Balaban J connectivity index is 2.64. The zero-order chi connectivity index (χ0) is 13.7. The largest absolute Gasteiger partial charge is 0.478 e. The van der Waals surface area contributed by atoms with Crippen LogP contribution in [0, 0.1) is 5.82 Å². The van der Waals surface area contributed by atoms with Crippen molar-refractivity contribution in [2.24, 2.45) is 0 Å². The maximum Gasteiger partial charge on any atom is 0.335 e. The van der Waals surface area contributed by atoms with E-state index < -0.39 is 11.8 Å². The van der Waals surface area contributed by atoms with Gasteiger partial charge in [-0.1, -0.05) is 0 Å². The van der Waals surface area contributed by atoms with Gasteiger partial charge in [0, 0.05) is 31.2 Å². The number of hydrogen-bond acceptors (Lipinski definition) is 3.